The summed E-state index contributed by atoms with van der Waals surface area (Å²) in [5.74, 6) is 0. The molecule has 128 valence electrons. The first kappa shape index (κ1) is 17.1. The van der Waals surface area contributed by atoms with Gasteiger partial charge in [-0.2, -0.15) is 0 Å². The van der Waals surface area contributed by atoms with Gasteiger partial charge in [0.05, 0.1) is 26.4 Å². The van der Waals surface area contributed by atoms with Gasteiger partial charge in [-0.25, -0.2) is 0 Å². The molecular formula is C20H24O4. The molecule has 4 heteroatoms. The third-order valence-electron chi connectivity index (χ3n) is 5.21. The van der Waals surface area contributed by atoms with Gasteiger partial charge in [-0.15, -0.1) is 0 Å². The van der Waals surface area contributed by atoms with Crippen molar-refractivity contribution in [3.8, 4) is 0 Å². The predicted molar refractivity (Wildman–Crippen MR) is 91.4 cm³/mol. The molecule has 0 fully saturated rings. The number of aliphatic hydroxyl groups excluding tert-OH is 4. The van der Waals surface area contributed by atoms with Crippen LogP contribution in [-0.4, -0.2) is 20.4 Å². The lowest BCUT2D eigenvalue weighted by molar-refractivity contribution is 0.256. The summed E-state index contributed by atoms with van der Waals surface area (Å²) in [7, 11) is 0. The number of hydrogen-bond acceptors (Lipinski definition) is 4. The van der Waals surface area contributed by atoms with E-state index in [1.165, 1.54) is 0 Å². The van der Waals surface area contributed by atoms with Gasteiger partial charge >= 0.3 is 0 Å². The fraction of sp³-hybridized carbons (Fsp3) is 0.400. The number of aliphatic hydroxyl groups is 4. The van der Waals surface area contributed by atoms with Crippen molar-refractivity contribution in [2.75, 3.05) is 0 Å². The lowest BCUT2D eigenvalue weighted by Gasteiger charge is -2.21. The van der Waals surface area contributed by atoms with Gasteiger partial charge in [0.2, 0.25) is 0 Å². The second-order valence-corrected chi connectivity index (χ2v) is 6.31. The summed E-state index contributed by atoms with van der Waals surface area (Å²) >= 11 is 0. The molecule has 2 aromatic rings. The molecule has 0 atom stereocenters. The Balaban J connectivity index is 2.13. The van der Waals surface area contributed by atoms with Gasteiger partial charge in [-0.3, -0.25) is 0 Å². The van der Waals surface area contributed by atoms with E-state index in [4.69, 9.17) is 0 Å². The van der Waals surface area contributed by atoms with Crippen LogP contribution in [-0.2, 0) is 52.1 Å². The van der Waals surface area contributed by atoms with E-state index in [-0.39, 0.29) is 26.4 Å². The average molecular weight is 328 g/mol. The molecule has 0 unspecified atom stereocenters. The molecule has 4 nitrogen and oxygen atoms in total. The van der Waals surface area contributed by atoms with Crippen LogP contribution in [0.25, 0.3) is 0 Å². The van der Waals surface area contributed by atoms with E-state index in [1.54, 1.807) is 0 Å². The highest BCUT2D eigenvalue weighted by Gasteiger charge is 2.17. The maximum atomic E-state index is 9.78. The molecule has 0 radical (unpaired) electrons. The van der Waals surface area contributed by atoms with Crippen molar-refractivity contribution in [1.29, 1.82) is 0 Å². The normalized spacial score (nSPS) is 13.8. The quantitative estimate of drug-likeness (QED) is 0.686. The lowest BCUT2D eigenvalue weighted by atomic mass is 9.86. The monoisotopic (exact) mass is 328 g/mol. The van der Waals surface area contributed by atoms with Crippen LogP contribution < -0.4 is 0 Å². The Hall–Kier alpha value is -1.72. The van der Waals surface area contributed by atoms with Gasteiger partial charge in [-0.1, -0.05) is 24.3 Å². The Bertz CT molecular complexity index is 611. The zero-order chi connectivity index (χ0) is 17.1. The van der Waals surface area contributed by atoms with E-state index in [1.807, 2.05) is 24.3 Å². The van der Waals surface area contributed by atoms with E-state index in [2.05, 4.69) is 0 Å². The fourth-order valence-electron chi connectivity index (χ4n) is 3.84. The highest BCUT2D eigenvalue weighted by Crippen LogP contribution is 2.28. The molecule has 0 heterocycles. The van der Waals surface area contributed by atoms with Crippen LogP contribution in [0.4, 0.5) is 0 Å². The van der Waals surface area contributed by atoms with E-state index in [0.29, 0.717) is 0 Å². The number of hydrogen-bond donors (Lipinski definition) is 4. The first-order chi connectivity index (χ1) is 11.7. The Kier molecular flexibility index (Phi) is 5.31. The molecule has 0 aromatic heterocycles. The molecule has 4 aliphatic carbocycles. The van der Waals surface area contributed by atoms with Crippen LogP contribution in [0.1, 0.15) is 44.5 Å². The zero-order valence-corrected chi connectivity index (χ0v) is 13.8. The Morgan fingerprint density at radius 1 is 0.458 bits per heavy atom. The van der Waals surface area contributed by atoms with Gasteiger partial charge in [0.25, 0.3) is 0 Å². The van der Waals surface area contributed by atoms with Gasteiger partial charge in [-0.05, 0) is 70.2 Å². The molecule has 0 saturated carbocycles. The molecule has 0 saturated heterocycles. The van der Waals surface area contributed by atoms with Crippen molar-refractivity contribution in [2.45, 2.75) is 52.1 Å². The molecular weight excluding hydrogens is 304 g/mol. The topological polar surface area (TPSA) is 80.9 Å². The summed E-state index contributed by atoms with van der Waals surface area (Å²) in [4.78, 5) is 0. The molecule has 2 aromatic carbocycles. The predicted octanol–water partition coefficient (Wildman–Crippen LogP) is 1.54. The van der Waals surface area contributed by atoms with Gasteiger partial charge < -0.3 is 20.4 Å². The molecule has 0 spiro atoms. The first-order valence-electron chi connectivity index (χ1n) is 8.41. The van der Waals surface area contributed by atoms with Crippen LogP contribution in [0.3, 0.4) is 0 Å². The van der Waals surface area contributed by atoms with Crippen molar-refractivity contribution in [2.24, 2.45) is 0 Å². The minimum Gasteiger partial charge on any atom is -0.392 e. The molecule has 24 heavy (non-hydrogen) atoms. The minimum absolute atomic E-state index is 0.0780. The van der Waals surface area contributed by atoms with Gasteiger partial charge in [0, 0.05) is 0 Å². The van der Waals surface area contributed by atoms with Gasteiger partial charge in [0.1, 0.15) is 0 Å². The van der Waals surface area contributed by atoms with E-state index in [9.17, 15) is 20.4 Å². The van der Waals surface area contributed by atoms with E-state index in [0.717, 1.165) is 70.2 Å². The average Bonchev–Trinajstić information content (AvgIpc) is 2.61. The van der Waals surface area contributed by atoms with Crippen molar-refractivity contribution in [3.05, 3.63) is 68.8 Å². The largest absolute Gasteiger partial charge is 0.392 e. The third kappa shape index (κ3) is 2.98. The maximum Gasteiger partial charge on any atom is 0.0688 e. The van der Waals surface area contributed by atoms with Gasteiger partial charge in [0.15, 0.2) is 0 Å². The molecule has 0 amide bonds. The fourth-order valence-corrected chi connectivity index (χ4v) is 3.84. The summed E-state index contributed by atoms with van der Waals surface area (Å²) in [6.07, 6.45) is 2.89. The molecule has 4 bridgehead atoms. The number of benzene rings is 2. The van der Waals surface area contributed by atoms with Crippen LogP contribution in [0.5, 0.6) is 0 Å². The summed E-state index contributed by atoms with van der Waals surface area (Å²) in [5, 5.41) is 39.1. The Labute approximate surface area is 142 Å². The van der Waals surface area contributed by atoms with Crippen molar-refractivity contribution < 1.29 is 20.4 Å². The van der Waals surface area contributed by atoms with Crippen LogP contribution >= 0.6 is 0 Å². The molecule has 6 rings (SSSR count). The summed E-state index contributed by atoms with van der Waals surface area (Å²) in [6, 6.07) is 8.16. The van der Waals surface area contributed by atoms with Crippen molar-refractivity contribution in [3.63, 3.8) is 0 Å². The highest BCUT2D eigenvalue weighted by atomic mass is 16.3. The Morgan fingerprint density at radius 3 is 0.833 bits per heavy atom. The Morgan fingerprint density at radius 2 is 0.667 bits per heavy atom. The maximum absolute atomic E-state index is 9.78. The minimum atomic E-state index is -0.0780. The van der Waals surface area contributed by atoms with E-state index < -0.39 is 0 Å². The second-order valence-electron chi connectivity index (χ2n) is 6.31. The lowest BCUT2D eigenvalue weighted by Crippen LogP contribution is -2.12. The summed E-state index contributed by atoms with van der Waals surface area (Å²) < 4.78 is 0. The summed E-state index contributed by atoms with van der Waals surface area (Å²) in [6.45, 7) is -0.312. The zero-order valence-electron chi connectivity index (χ0n) is 13.8. The van der Waals surface area contributed by atoms with Crippen LogP contribution in [0.2, 0.25) is 0 Å². The van der Waals surface area contributed by atoms with Crippen molar-refractivity contribution in [1.82, 2.24) is 0 Å². The van der Waals surface area contributed by atoms with Crippen LogP contribution in [0, 0.1) is 0 Å². The molecule has 0 aliphatic heterocycles. The second kappa shape index (κ2) is 7.45. The molecule has 4 N–H and O–H groups in total. The third-order valence-corrected chi connectivity index (χ3v) is 5.21. The SMILES string of the molecule is OCc1c2ccc(c1CO)CCc1ccc(c(CO)c1CO)CC2. The standard InChI is InChI=1S/C20H24O4/c21-9-17-13-1-2-14(18(17)10-22)7-8-16-4-3-15(6-5-13)19(11-23)20(16)12-24/h1-4,21-24H,5-12H2. The van der Waals surface area contributed by atoms with Crippen molar-refractivity contribution >= 4 is 0 Å². The van der Waals surface area contributed by atoms with E-state index >= 15 is 0 Å². The smallest absolute Gasteiger partial charge is 0.0688 e. The van der Waals surface area contributed by atoms with Crippen LogP contribution in [0.15, 0.2) is 24.3 Å². The first-order valence-corrected chi connectivity index (χ1v) is 8.41. The number of aryl methyl sites for hydroxylation is 4. The number of rotatable bonds is 4. The highest BCUT2D eigenvalue weighted by molar-refractivity contribution is 5.45. The summed E-state index contributed by atoms with van der Waals surface area (Å²) in [5.41, 5.74) is 7.45. The molecule has 4 aliphatic rings.